The van der Waals surface area contributed by atoms with Gasteiger partial charge in [-0.3, -0.25) is 0 Å². The Morgan fingerprint density at radius 1 is 0.967 bits per heavy atom. The van der Waals surface area contributed by atoms with Crippen molar-refractivity contribution in [3.8, 4) is 11.3 Å². The maximum atomic E-state index is 13.1. The molecule has 1 saturated heterocycles. The number of halogens is 1. The molecule has 4 rings (SSSR count). The Balaban J connectivity index is 1.35. The van der Waals surface area contributed by atoms with Gasteiger partial charge in [-0.05, 0) is 54.4 Å². The van der Waals surface area contributed by atoms with E-state index in [4.69, 9.17) is 0 Å². The molecule has 1 aromatic heterocycles. The first-order chi connectivity index (χ1) is 14.6. The molecule has 1 aliphatic rings. The average Bonchev–Trinajstić information content (AvgIpc) is 2.80. The lowest BCUT2D eigenvalue weighted by atomic mass is 10.1. The van der Waals surface area contributed by atoms with Gasteiger partial charge in [0.1, 0.15) is 5.82 Å². The minimum Gasteiger partial charge on any atom is -0.352 e. The summed E-state index contributed by atoms with van der Waals surface area (Å²) in [5.41, 5.74) is 3.52. The number of amides is 2. The summed E-state index contributed by atoms with van der Waals surface area (Å²) < 4.78 is 13.1. The first kappa shape index (κ1) is 19.8. The number of urea groups is 1. The molecular weight excluding hydrogens is 381 g/mol. The maximum absolute atomic E-state index is 13.1. The predicted octanol–water partition coefficient (Wildman–Crippen LogP) is 4.20. The second-order valence-corrected chi connectivity index (χ2v) is 7.20. The first-order valence-corrected chi connectivity index (χ1v) is 10.1. The second kappa shape index (κ2) is 8.90. The fourth-order valence-corrected chi connectivity index (χ4v) is 3.55. The number of piperazine rings is 1. The van der Waals surface area contributed by atoms with Crippen molar-refractivity contribution < 1.29 is 9.18 Å². The third kappa shape index (κ3) is 4.40. The number of hydrogen-bond acceptors (Lipinski definition) is 4. The maximum Gasteiger partial charge on any atom is 0.321 e. The van der Waals surface area contributed by atoms with Gasteiger partial charge in [-0.15, -0.1) is 10.2 Å². The summed E-state index contributed by atoms with van der Waals surface area (Å²) in [4.78, 5) is 16.6. The van der Waals surface area contributed by atoms with Gasteiger partial charge in [-0.25, -0.2) is 9.18 Å². The van der Waals surface area contributed by atoms with E-state index in [1.165, 1.54) is 12.1 Å². The van der Waals surface area contributed by atoms with Crippen LogP contribution < -0.4 is 10.2 Å². The Kier molecular flexibility index (Phi) is 5.88. The van der Waals surface area contributed by atoms with Gasteiger partial charge >= 0.3 is 6.03 Å². The number of rotatable bonds is 4. The van der Waals surface area contributed by atoms with E-state index in [2.05, 4.69) is 27.3 Å². The number of nitrogens with one attached hydrogen (secondary N) is 1. The summed E-state index contributed by atoms with van der Waals surface area (Å²) in [5.74, 6) is 0.501. The van der Waals surface area contributed by atoms with Crippen molar-refractivity contribution in [3.63, 3.8) is 0 Å². The van der Waals surface area contributed by atoms with E-state index in [9.17, 15) is 9.18 Å². The third-order valence-electron chi connectivity index (χ3n) is 5.32. The van der Waals surface area contributed by atoms with E-state index in [0.717, 1.165) is 29.1 Å². The molecule has 0 unspecified atom stereocenters. The molecule has 7 heteroatoms. The average molecular weight is 405 g/mol. The first-order valence-electron chi connectivity index (χ1n) is 10.1. The van der Waals surface area contributed by atoms with Crippen LogP contribution in [0.4, 0.5) is 20.7 Å². The molecule has 0 saturated carbocycles. The summed E-state index contributed by atoms with van der Waals surface area (Å²) in [6.45, 7) is 4.68. The number of para-hydroxylation sites is 1. The van der Waals surface area contributed by atoms with E-state index < -0.39 is 0 Å². The van der Waals surface area contributed by atoms with Crippen molar-refractivity contribution in [1.82, 2.24) is 15.1 Å². The van der Waals surface area contributed by atoms with Crippen LogP contribution >= 0.6 is 0 Å². The van der Waals surface area contributed by atoms with Crippen LogP contribution in [0.2, 0.25) is 0 Å². The minimum absolute atomic E-state index is 0.0757. The number of nitrogens with zero attached hydrogens (tertiary/aromatic N) is 4. The van der Waals surface area contributed by atoms with Crippen LogP contribution in [0.3, 0.4) is 0 Å². The highest BCUT2D eigenvalue weighted by atomic mass is 19.1. The minimum atomic E-state index is -0.275. The molecule has 30 heavy (non-hydrogen) atoms. The molecule has 3 aromatic rings. The zero-order valence-electron chi connectivity index (χ0n) is 16.9. The van der Waals surface area contributed by atoms with Crippen LogP contribution in [0.15, 0.2) is 60.7 Å². The van der Waals surface area contributed by atoms with E-state index in [0.29, 0.717) is 31.9 Å². The molecule has 1 N–H and O–H groups in total. The largest absolute Gasteiger partial charge is 0.352 e. The topological polar surface area (TPSA) is 61.4 Å². The third-order valence-corrected chi connectivity index (χ3v) is 5.32. The molecule has 0 radical (unpaired) electrons. The van der Waals surface area contributed by atoms with Gasteiger partial charge in [-0.1, -0.05) is 25.1 Å². The number of benzene rings is 2. The van der Waals surface area contributed by atoms with Gasteiger partial charge in [0.05, 0.1) is 5.69 Å². The fourth-order valence-electron chi connectivity index (χ4n) is 3.55. The molecule has 0 aliphatic carbocycles. The number of aryl methyl sites for hydroxylation is 1. The Morgan fingerprint density at radius 2 is 1.70 bits per heavy atom. The Hall–Kier alpha value is -3.48. The summed E-state index contributed by atoms with van der Waals surface area (Å²) in [5, 5.41) is 11.6. The van der Waals surface area contributed by atoms with Crippen LogP contribution in [0.1, 0.15) is 12.5 Å². The quantitative estimate of drug-likeness (QED) is 0.707. The molecule has 154 valence electrons. The van der Waals surface area contributed by atoms with Crippen molar-refractivity contribution in [2.45, 2.75) is 13.3 Å². The smallest absolute Gasteiger partial charge is 0.321 e. The van der Waals surface area contributed by atoms with Crippen molar-refractivity contribution in [3.05, 3.63) is 72.0 Å². The van der Waals surface area contributed by atoms with Gasteiger partial charge in [0.15, 0.2) is 5.82 Å². The zero-order valence-corrected chi connectivity index (χ0v) is 16.9. The predicted molar refractivity (Wildman–Crippen MR) is 116 cm³/mol. The Bertz CT molecular complexity index is 999. The summed E-state index contributed by atoms with van der Waals surface area (Å²) in [7, 11) is 0. The highest BCUT2D eigenvalue weighted by Gasteiger charge is 2.22. The summed E-state index contributed by atoms with van der Waals surface area (Å²) >= 11 is 0. The van der Waals surface area contributed by atoms with Crippen LogP contribution in [0.5, 0.6) is 0 Å². The Morgan fingerprint density at radius 3 is 2.37 bits per heavy atom. The van der Waals surface area contributed by atoms with Crippen LogP contribution in [0, 0.1) is 5.82 Å². The number of anilines is 2. The number of carbonyl (C=O) groups is 1. The molecule has 6 nitrogen and oxygen atoms in total. The molecule has 0 spiro atoms. The van der Waals surface area contributed by atoms with Gasteiger partial charge < -0.3 is 15.1 Å². The normalized spacial score (nSPS) is 13.9. The number of carbonyl (C=O) groups excluding carboxylic acids is 1. The molecule has 1 aliphatic heterocycles. The fraction of sp³-hybridized carbons (Fsp3) is 0.261. The molecular formula is C23H24FN5O. The van der Waals surface area contributed by atoms with E-state index in [-0.39, 0.29) is 11.8 Å². The highest BCUT2D eigenvalue weighted by molar-refractivity contribution is 5.90. The molecule has 2 amide bonds. The lowest BCUT2D eigenvalue weighted by Gasteiger charge is -2.35. The zero-order chi connectivity index (χ0) is 20.9. The van der Waals surface area contributed by atoms with Gasteiger partial charge in [0.2, 0.25) is 0 Å². The number of hydrogen-bond donors (Lipinski definition) is 1. The van der Waals surface area contributed by atoms with Crippen LogP contribution in [0.25, 0.3) is 11.3 Å². The lowest BCUT2D eigenvalue weighted by molar-refractivity contribution is 0.208. The molecule has 2 aromatic carbocycles. The van der Waals surface area contributed by atoms with Crippen molar-refractivity contribution in [2.75, 3.05) is 36.4 Å². The lowest BCUT2D eigenvalue weighted by Crippen LogP contribution is -2.50. The monoisotopic (exact) mass is 405 g/mol. The van der Waals surface area contributed by atoms with E-state index >= 15 is 0 Å². The van der Waals surface area contributed by atoms with Gasteiger partial charge in [-0.2, -0.15) is 0 Å². The summed E-state index contributed by atoms with van der Waals surface area (Å²) in [6.07, 6.45) is 0.872. The van der Waals surface area contributed by atoms with Gasteiger partial charge in [0.25, 0.3) is 0 Å². The standard InChI is InChI=1S/C23H24FN5O/c1-2-17-5-3-4-6-20(17)25-23(30)29-15-13-28(14-16-29)22-12-11-21(26-27-22)18-7-9-19(24)10-8-18/h3-12H,2,13-16H2,1H3,(H,25,30). The SMILES string of the molecule is CCc1ccccc1NC(=O)N1CCN(c2ccc(-c3ccc(F)cc3)nn2)CC1. The highest BCUT2D eigenvalue weighted by Crippen LogP contribution is 2.20. The Labute approximate surface area is 175 Å². The van der Waals surface area contributed by atoms with Crippen LogP contribution in [-0.2, 0) is 6.42 Å². The molecule has 2 heterocycles. The van der Waals surface area contributed by atoms with Crippen molar-refractivity contribution in [1.29, 1.82) is 0 Å². The second-order valence-electron chi connectivity index (χ2n) is 7.20. The molecule has 0 bridgehead atoms. The van der Waals surface area contributed by atoms with E-state index in [1.54, 1.807) is 12.1 Å². The van der Waals surface area contributed by atoms with E-state index in [1.807, 2.05) is 41.3 Å². The van der Waals surface area contributed by atoms with Gasteiger partial charge in [0, 0.05) is 37.4 Å². The molecule has 1 fully saturated rings. The summed E-state index contributed by atoms with van der Waals surface area (Å²) in [6, 6.07) is 17.8. The molecule has 0 atom stereocenters. The van der Waals surface area contributed by atoms with Crippen molar-refractivity contribution in [2.24, 2.45) is 0 Å². The van der Waals surface area contributed by atoms with Crippen molar-refractivity contribution >= 4 is 17.5 Å². The number of aromatic nitrogens is 2. The van der Waals surface area contributed by atoms with Crippen LogP contribution in [-0.4, -0.2) is 47.3 Å².